The second-order valence-corrected chi connectivity index (χ2v) is 7.69. The summed E-state index contributed by atoms with van der Waals surface area (Å²) in [6.07, 6.45) is 3.38. The lowest BCUT2D eigenvalue weighted by Gasteiger charge is -2.32. The predicted octanol–water partition coefficient (Wildman–Crippen LogP) is 3.00. The second-order valence-electron chi connectivity index (χ2n) is 7.69. The molecular formula is C18H27BN2O3. The van der Waals surface area contributed by atoms with Crippen LogP contribution < -0.4 is 10.8 Å². The van der Waals surface area contributed by atoms with Crippen LogP contribution in [0.3, 0.4) is 0 Å². The molecule has 3 rings (SSSR count). The summed E-state index contributed by atoms with van der Waals surface area (Å²) in [6, 6.07) is 7.70. The van der Waals surface area contributed by atoms with Crippen LogP contribution in [0.5, 0.6) is 0 Å². The zero-order valence-corrected chi connectivity index (χ0v) is 15.1. The standard InChI is InChI=1S/C18H27BN2O3/c1-17(2)18(3,4)24-19(23-17)14-9-8-10-15(13-14)20-16(22)21-11-6-5-7-12-21/h8-10,13H,5-7,11-12H2,1-4H3,(H,20,22). The highest BCUT2D eigenvalue weighted by Crippen LogP contribution is 2.36. The molecule has 0 spiro atoms. The van der Waals surface area contributed by atoms with Gasteiger partial charge in [0.1, 0.15) is 0 Å². The molecule has 24 heavy (non-hydrogen) atoms. The van der Waals surface area contributed by atoms with Gasteiger partial charge in [0.05, 0.1) is 11.2 Å². The molecule has 0 saturated carbocycles. The lowest BCUT2D eigenvalue weighted by molar-refractivity contribution is 0.00578. The molecule has 2 heterocycles. The molecule has 0 bridgehead atoms. The number of carbonyl (C=O) groups is 1. The van der Waals surface area contributed by atoms with Gasteiger partial charge in [0, 0.05) is 18.8 Å². The maximum absolute atomic E-state index is 12.4. The molecule has 2 amide bonds. The Balaban J connectivity index is 1.70. The maximum atomic E-state index is 12.4. The van der Waals surface area contributed by atoms with Crippen molar-refractivity contribution in [3.8, 4) is 0 Å². The number of hydrogen-bond acceptors (Lipinski definition) is 3. The number of anilines is 1. The van der Waals surface area contributed by atoms with Crippen LogP contribution in [-0.4, -0.2) is 42.3 Å². The van der Waals surface area contributed by atoms with Crippen LogP contribution in [0, 0.1) is 0 Å². The summed E-state index contributed by atoms with van der Waals surface area (Å²) in [5.74, 6) is 0. The molecule has 0 aliphatic carbocycles. The Morgan fingerprint density at radius 3 is 2.33 bits per heavy atom. The normalized spacial score (nSPS) is 22.5. The summed E-state index contributed by atoms with van der Waals surface area (Å²) in [5, 5.41) is 2.99. The van der Waals surface area contributed by atoms with E-state index in [9.17, 15) is 4.79 Å². The van der Waals surface area contributed by atoms with Crippen molar-refractivity contribution in [1.29, 1.82) is 0 Å². The van der Waals surface area contributed by atoms with Crippen LogP contribution in [0.25, 0.3) is 0 Å². The highest BCUT2D eigenvalue weighted by Gasteiger charge is 2.51. The Bertz CT molecular complexity index is 596. The molecule has 0 atom stereocenters. The van der Waals surface area contributed by atoms with E-state index in [1.54, 1.807) is 0 Å². The number of nitrogens with zero attached hydrogens (tertiary/aromatic N) is 1. The highest BCUT2D eigenvalue weighted by molar-refractivity contribution is 6.62. The van der Waals surface area contributed by atoms with E-state index in [0.717, 1.165) is 37.1 Å². The quantitative estimate of drug-likeness (QED) is 0.848. The van der Waals surface area contributed by atoms with Crippen LogP contribution >= 0.6 is 0 Å². The summed E-state index contributed by atoms with van der Waals surface area (Å²) in [4.78, 5) is 14.2. The third-order valence-corrected chi connectivity index (χ3v) is 5.31. The summed E-state index contributed by atoms with van der Waals surface area (Å²) in [5.41, 5.74) is 0.956. The van der Waals surface area contributed by atoms with Crippen LogP contribution in [-0.2, 0) is 9.31 Å². The molecule has 0 radical (unpaired) electrons. The molecule has 0 unspecified atom stereocenters. The van der Waals surface area contributed by atoms with E-state index in [4.69, 9.17) is 9.31 Å². The third-order valence-electron chi connectivity index (χ3n) is 5.31. The van der Waals surface area contributed by atoms with E-state index in [1.165, 1.54) is 6.42 Å². The molecule has 1 N–H and O–H groups in total. The van der Waals surface area contributed by atoms with Crippen molar-refractivity contribution >= 4 is 24.3 Å². The number of hydrogen-bond donors (Lipinski definition) is 1. The average Bonchev–Trinajstić information content (AvgIpc) is 2.76. The second kappa shape index (κ2) is 6.41. The van der Waals surface area contributed by atoms with Gasteiger partial charge in [-0.1, -0.05) is 12.1 Å². The van der Waals surface area contributed by atoms with Gasteiger partial charge >= 0.3 is 13.1 Å². The van der Waals surface area contributed by atoms with Crippen LogP contribution in [0.4, 0.5) is 10.5 Å². The zero-order valence-electron chi connectivity index (χ0n) is 15.1. The van der Waals surface area contributed by atoms with Crippen molar-refractivity contribution < 1.29 is 14.1 Å². The molecule has 1 aromatic carbocycles. The molecule has 0 aromatic heterocycles. The first-order chi connectivity index (χ1) is 11.3. The van der Waals surface area contributed by atoms with E-state index in [-0.39, 0.29) is 17.2 Å². The number of urea groups is 1. The van der Waals surface area contributed by atoms with E-state index >= 15 is 0 Å². The lowest BCUT2D eigenvalue weighted by Crippen LogP contribution is -2.41. The number of benzene rings is 1. The fraction of sp³-hybridized carbons (Fsp3) is 0.611. The predicted molar refractivity (Wildman–Crippen MR) is 96.6 cm³/mol. The van der Waals surface area contributed by atoms with Crippen molar-refractivity contribution in [3.63, 3.8) is 0 Å². The fourth-order valence-electron chi connectivity index (χ4n) is 3.04. The Labute approximate surface area is 144 Å². The SMILES string of the molecule is CC1(C)OB(c2cccc(NC(=O)N3CCCCC3)c2)OC1(C)C. The van der Waals surface area contributed by atoms with Gasteiger partial charge in [-0.3, -0.25) is 0 Å². The van der Waals surface area contributed by atoms with Crippen molar-refractivity contribution in [2.45, 2.75) is 58.2 Å². The van der Waals surface area contributed by atoms with Gasteiger partial charge in [0.25, 0.3) is 0 Å². The number of amides is 2. The first-order valence-electron chi connectivity index (χ1n) is 8.80. The van der Waals surface area contributed by atoms with Gasteiger partial charge in [0.2, 0.25) is 0 Å². The van der Waals surface area contributed by atoms with Crippen molar-refractivity contribution in [2.75, 3.05) is 18.4 Å². The average molecular weight is 330 g/mol. The molecule has 2 aliphatic rings. The molecule has 6 heteroatoms. The molecule has 2 saturated heterocycles. The molecule has 1 aromatic rings. The highest BCUT2D eigenvalue weighted by atomic mass is 16.7. The molecular weight excluding hydrogens is 303 g/mol. The van der Waals surface area contributed by atoms with Gasteiger partial charge in [-0.05, 0) is 64.6 Å². The number of likely N-dealkylation sites (tertiary alicyclic amines) is 1. The Kier molecular flexibility index (Phi) is 4.62. The van der Waals surface area contributed by atoms with Gasteiger partial charge in [-0.2, -0.15) is 0 Å². The lowest BCUT2D eigenvalue weighted by atomic mass is 9.79. The van der Waals surface area contributed by atoms with Crippen LogP contribution in [0.1, 0.15) is 47.0 Å². The fourth-order valence-corrected chi connectivity index (χ4v) is 3.04. The smallest absolute Gasteiger partial charge is 0.399 e. The monoisotopic (exact) mass is 330 g/mol. The molecule has 5 nitrogen and oxygen atoms in total. The Morgan fingerprint density at radius 2 is 1.71 bits per heavy atom. The van der Waals surface area contributed by atoms with Crippen LogP contribution in [0.15, 0.2) is 24.3 Å². The van der Waals surface area contributed by atoms with Crippen molar-refractivity contribution in [1.82, 2.24) is 4.90 Å². The summed E-state index contributed by atoms with van der Waals surface area (Å²) >= 11 is 0. The topological polar surface area (TPSA) is 50.8 Å². The summed E-state index contributed by atoms with van der Waals surface area (Å²) in [7, 11) is -0.415. The third kappa shape index (κ3) is 3.45. The van der Waals surface area contributed by atoms with E-state index in [2.05, 4.69) is 5.32 Å². The Hall–Kier alpha value is -1.53. The number of rotatable bonds is 2. The van der Waals surface area contributed by atoms with Gasteiger partial charge < -0.3 is 19.5 Å². The van der Waals surface area contributed by atoms with Crippen LogP contribution in [0.2, 0.25) is 0 Å². The Morgan fingerprint density at radius 1 is 1.08 bits per heavy atom. The molecule has 130 valence electrons. The minimum atomic E-state index is -0.415. The summed E-state index contributed by atoms with van der Waals surface area (Å²) < 4.78 is 12.2. The van der Waals surface area contributed by atoms with Crippen molar-refractivity contribution in [3.05, 3.63) is 24.3 Å². The van der Waals surface area contributed by atoms with E-state index in [1.807, 2.05) is 56.9 Å². The summed E-state index contributed by atoms with van der Waals surface area (Å²) in [6.45, 7) is 9.82. The van der Waals surface area contributed by atoms with Gasteiger partial charge in [0.15, 0.2) is 0 Å². The van der Waals surface area contributed by atoms with Gasteiger partial charge in [-0.15, -0.1) is 0 Å². The van der Waals surface area contributed by atoms with E-state index < -0.39 is 7.12 Å². The first-order valence-corrected chi connectivity index (χ1v) is 8.80. The van der Waals surface area contributed by atoms with Gasteiger partial charge in [-0.25, -0.2) is 4.79 Å². The zero-order chi connectivity index (χ0) is 17.4. The minimum absolute atomic E-state index is 0.0271. The van der Waals surface area contributed by atoms with Crippen molar-refractivity contribution in [2.24, 2.45) is 0 Å². The molecule has 2 aliphatic heterocycles. The first kappa shape index (κ1) is 17.3. The van der Waals surface area contributed by atoms with E-state index in [0.29, 0.717) is 0 Å². The number of piperidine rings is 1. The number of nitrogens with one attached hydrogen (secondary N) is 1. The number of carbonyl (C=O) groups excluding carboxylic acids is 1. The maximum Gasteiger partial charge on any atom is 0.494 e. The minimum Gasteiger partial charge on any atom is -0.399 e. The molecule has 2 fully saturated rings. The largest absolute Gasteiger partial charge is 0.494 e.